The fourth-order valence-corrected chi connectivity index (χ4v) is 1.24. The number of benzene rings is 1. The minimum absolute atomic E-state index is 0.112. The summed E-state index contributed by atoms with van der Waals surface area (Å²) in [5.41, 5.74) is 1.92. The van der Waals surface area contributed by atoms with Crippen LogP contribution in [0.2, 0.25) is 0 Å². The topological polar surface area (TPSA) is 72.7 Å². The molecule has 82 valence electrons. The summed E-state index contributed by atoms with van der Waals surface area (Å²) in [6.45, 7) is 2.10. The van der Waals surface area contributed by atoms with Crippen LogP contribution in [0, 0.1) is 6.92 Å². The molecule has 1 amide bonds. The number of aromatic nitrogens is 4. The number of nitrogens with zero attached hydrogens (tertiary/aromatic N) is 4. The molecule has 0 aliphatic carbocycles. The van der Waals surface area contributed by atoms with Crippen molar-refractivity contribution in [1.29, 1.82) is 0 Å². The molecular weight excluding hydrogens is 206 g/mol. The van der Waals surface area contributed by atoms with E-state index in [4.69, 9.17) is 0 Å². The van der Waals surface area contributed by atoms with E-state index in [-0.39, 0.29) is 12.5 Å². The Morgan fingerprint density at radius 3 is 2.75 bits per heavy atom. The lowest BCUT2D eigenvalue weighted by atomic mass is 10.2. The summed E-state index contributed by atoms with van der Waals surface area (Å²) in [4.78, 5) is 11.5. The quantitative estimate of drug-likeness (QED) is 0.818. The van der Waals surface area contributed by atoms with Gasteiger partial charge in [0.15, 0.2) is 0 Å². The third-order valence-electron chi connectivity index (χ3n) is 2.03. The first-order chi connectivity index (χ1) is 7.74. The number of hydrogen-bond donors (Lipinski definition) is 1. The molecule has 0 atom stereocenters. The highest BCUT2D eigenvalue weighted by Crippen LogP contribution is 2.08. The number of rotatable bonds is 3. The Kier molecular flexibility index (Phi) is 2.90. The van der Waals surface area contributed by atoms with Gasteiger partial charge in [-0.05, 0) is 29.5 Å². The number of carbonyl (C=O) groups is 1. The minimum Gasteiger partial charge on any atom is -0.324 e. The Balaban J connectivity index is 1.95. The standard InChI is InChI=1S/C10H11N5O/c1-8-2-4-9(5-3-8)12-10(16)6-15-7-11-13-14-15/h2-5,7H,6H2,1H3,(H,12,16). The fourth-order valence-electron chi connectivity index (χ4n) is 1.24. The van der Waals surface area contributed by atoms with E-state index in [0.717, 1.165) is 11.3 Å². The van der Waals surface area contributed by atoms with Gasteiger partial charge in [0.1, 0.15) is 12.9 Å². The van der Waals surface area contributed by atoms with E-state index in [1.807, 2.05) is 31.2 Å². The zero-order valence-electron chi connectivity index (χ0n) is 8.79. The maximum absolute atomic E-state index is 11.5. The molecule has 1 aromatic carbocycles. The molecule has 0 fully saturated rings. The fraction of sp³-hybridized carbons (Fsp3) is 0.200. The van der Waals surface area contributed by atoms with Gasteiger partial charge in [0.2, 0.25) is 5.91 Å². The van der Waals surface area contributed by atoms with Crippen LogP contribution in [0.1, 0.15) is 5.56 Å². The lowest BCUT2D eigenvalue weighted by Gasteiger charge is -2.04. The van der Waals surface area contributed by atoms with Crippen LogP contribution in [0.25, 0.3) is 0 Å². The number of aryl methyl sites for hydroxylation is 1. The highest BCUT2D eigenvalue weighted by atomic mass is 16.2. The number of nitrogens with one attached hydrogen (secondary N) is 1. The van der Waals surface area contributed by atoms with E-state index in [9.17, 15) is 4.79 Å². The van der Waals surface area contributed by atoms with Crippen molar-refractivity contribution in [3.05, 3.63) is 36.2 Å². The molecule has 0 aliphatic rings. The van der Waals surface area contributed by atoms with Crippen LogP contribution >= 0.6 is 0 Å². The van der Waals surface area contributed by atoms with Gasteiger partial charge in [-0.15, -0.1) is 5.10 Å². The van der Waals surface area contributed by atoms with Crippen molar-refractivity contribution in [2.75, 3.05) is 5.32 Å². The Bertz CT molecular complexity index is 462. The summed E-state index contributed by atoms with van der Waals surface area (Å²) in [7, 11) is 0. The smallest absolute Gasteiger partial charge is 0.246 e. The number of tetrazole rings is 1. The average Bonchev–Trinajstić information content (AvgIpc) is 2.74. The van der Waals surface area contributed by atoms with Crippen molar-refractivity contribution in [3.63, 3.8) is 0 Å². The lowest BCUT2D eigenvalue weighted by molar-refractivity contribution is -0.116. The molecule has 1 N–H and O–H groups in total. The van der Waals surface area contributed by atoms with E-state index >= 15 is 0 Å². The first-order valence-electron chi connectivity index (χ1n) is 4.81. The van der Waals surface area contributed by atoms with Crippen LogP contribution in [-0.4, -0.2) is 26.1 Å². The van der Waals surface area contributed by atoms with Crippen molar-refractivity contribution in [3.8, 4) is 0 Å². The maximum atomic E-state index is 11.5. The highest BCUT2D eigenvalue weighted by molar-refractivity contribution is 5.90. The van der Waals surface area contributed by atoms with E-state index in [0.29, 0.717) is 0 Å². The van der Waals surface area contributed by atoms with Gasteiger partial charge in [-0.3, -0.25) is 4.79 Å². The monoisotopic (exact) mass is 217 g/mol. The second-order valence-corrected chi connectivity index (χ2v) is 3.42. The second kappa shape index (κ2) is 4.52. The molecule has 0 spiro atoms. The van der Waals surface area contributed by atoms with Gasteiger partial charge in [-0.25, -0.2) is 4.68 Å². The molecule has 6 heteroatoms. The molecular formula is C10H11N5O. The molecule has 2 rings (SSSR count). The highest BCUT2D eigenvalue weighted by Gasteiger charge is 2.03. The number of anilines is 1. The third kappa shape index (κ3) is 2.63. The van der Waals surface area contributed by atoms with Gasteiger partial charge >= 0.3 is 0 Å². The molecule has 1 aromatic heterocycles. The van der Waals surface area contributed by atoms with E-state index < -0.39 is 0 Å². The van der Waals surface area contributed by atoms with Gasteiger partial charge in [-0.1, -0.05) is 17.7 Å². The molecule has 1 heterocycles. The largest absolute Gasteiger partial charge is 0.324 e. The number of carbonyl (C=O) groups excluding carboxylic acids is 1. The summed E-state index contributed by atoms with van der Waals surface area (Å²) in [6, 6.07) is 7.58. The summed E-state index contributed by atoms with van der Waals surface area (Å²) in [5, 5.41) is 13.3. The zero-order valence-corrected chi connectivity index (χ0v) is 8.79. The SMILES string of the molecule is Cc1ccc(NC(=O)Cn2cnnn2)cc1. The average molecular weight is 217 g/mol. The van der Waals surface area contributed by atoms with E-state index in [1.165, 1.54) is 11.0 Å². The predicted octanol–water partition coefficient (Wildman–Crippen LogP) is 0.620. The molecule has 6 nitrogen and oxygen atoms in total. The molecule has 0 unspecified atom stereocenters. The third-order valence-corrected chi connectivity index (χ3v) is 2.03. The van der Waals surface area contributed by atoms with E-state index in [2.05, 4.69) is 20.8 Å². The number of amides is 1. The molecule has 0 radical (unpaired) electrons. The zero-order chi connectivity index (χ0) is 11.4. The van der Waals surface area contributed by atoms with Crippen molar-refractivity contribution in [1.82, 2.24) is 20.2 Å². The van der Waals surface area contributed by atoms with Crippen LogP contribution in [0.3, 0.4) is 0 Å². The molecule has 16 heavy (non-hydrogen) atoms. The van der Waals surface area contributed by atoms with Gasteiger partial charge in [0.25, 0.3) is 0 Å². The number of hydrogen-bond acceptors (Lipinski definition) is 4. The summed E-state index contributed by atoms with van der Waals surface area (Å²) >= 11 is 0. The Morgan fingerprint density at radius 2 is 2.12 bits per heavy atom. The molecule has 2 aromatic rings. The van der Waals surface area contributed by atoms with Gasteiger partial charge in [0.05, 0.1) is 0 Å². The molecule has 0 saturated heterocycles. The Hall–Kier alpha value is -2.24. The van der Waals surface area contributed by atoms with Crippen LogP contribution in [0.15, 0.2) is 30.6 Å². The molecule has 0 bridgehead atoms. The minimum atomic E-state index is -0.156. The van der Waals surface area contributed by atoms with Crippen LogP contribution < -0.4 is 5.32 Å². The second-order valence-electron chi connectivity index (χ2n) is 3.42. The van der Waals surface area contributed by atoms with Crippen molar-refractivity contribution in [2.45, 2.75) is 13.5 Å². The van der Waals surface area contributed by atoms with Crippen LogP contribution in [0.5, 0.6) is 0 Å². The van der Waals surface area contributed by atoms with Crippen LogP contribution in [-0.2, 0) is 11.3 Å². The lowest BCUT2D eigenvalue weighted by Crippen LogP contribution is -2.19. The van der Waals surface area contributed by atoms with E-state index in [1.54, 1.807) is 0 Å². The van der Waals surface area contributed by atoms with Crippen LogP contribution in [0.4, 0.5) is 5.69 Å². The summed E-state index contributed by atoms with van der Waals surface area (Å²) in [5.74, 6) is -0.156. The predicted molar refractivity (Wildman–Crippen MR) is 57.6 cm³/mol. The van der Waals surface area contributed by atoms with Crippen molar-refractivity contribution < 1.29 is 4.79 Å². The van der Waals surface area contributed by atoms with Gasteiger partial charge in [-0.2, -0.15) is 0 Å². The van der Waals surface area contributed by atoms with Gasteiger partial charge in [0, 0.05) is 5.69 Å². The van der Waals surface area contributed by atoms with Crippen molar-refractivity contribution >= 4 is 11.6 Å². The first kappa shape index (κ1) is 10.3. The molecule has 0 saturated carbocycles. The first-order valence-corrected chi connectivity index (χ1v) is 4.81. The maximum Gasteiger partial charge on any atom is 0.246 e. The normalized spacial score (nSPS) is 10.1. The Morgan fingerprint density at radius 1 is 1.38 bits per heavy atom. The van der Waals surface area contributed by atoms with Gasteiger partial charge < -0.3 is 5.32 Å². The summed E-state index contributed by atoms with van der Waals surface area (Å²) < 4.78 is 1.36. The van der Waals surface area contributed by atoms with Crippen molar-refractivity contribution in [2.24, 2.45) is 0 Å². The summed E-state index contributed by atoms with van der Waals surface area (Å²) in [6.07, 6.45) is 1.40. The Labute approximate surface area is 92.3 Å². The molecule has 0 aliphatic heterocycles.